The summed E-state index contributed by atoms with van der Waals surface area (Å²) >= 11 is 0. The average molecular weight is 399 g/mol. The Morgan fingerprint density at radius 3 is 2.07 bits per heavy atom. The molecule has 2 unspecified atom stereocenters. The molecule has 0 aromatic heterocycles. The standard InChI is InChI=1S/C27H27FN2/c28-24-13-7-8-20(18-24)19-29-26-23-14-16-30(17-15-23)27(26)25(21-9-3-1-4-10-21)22-11-5-2-6-12-22/h1-13,18-19,23,25-27H,14-17H2. The highest BCUT2D eigenvalue weighted by Crippen LogP contribution is 2.43. The molecule has 3 aromatic carbocycles. The monoisotopic (exact) mass is 398 g/mol. The van der Waals surface area contributed by atoms with E-state index in [1.54, 1.807) is 12.1 Å². The van der Waals surface area contributed by atoms with E-state index in [0.29, 0.717) is 12.0 Å². The van der Waals surface area contributed by atoms with Gasteiger partial charge in [0.1, 0.15) is 5.82 Å². The summed E-state index contributed by atoms with van der Waals surface area (Å²) in [6.07, 6.45) is 4.27. The molecule has 0 amide bonds. The minimum absolute atomic E-state index is 0.209. The van der Waals surface area contributed by atoms with E-state index in [2.05, 4.69) is 65.6 Å². The number of rotatable bonds is 5. The van der Waals surface area contributed by atoms with Crippen molar-refractivity contribution in [1.29, 1.82) is 0 Å². The highest BCUT2D eigenvalue weighted by molar-refractivity contribution is 5.79. The smallest absolute Gasteiger partial charge is 0.123 e. The molecule has 2 atom stereocenters. The molecule has 0 N–H and O–H groups in total. The molecule has 3 heterocycles. The molecule has 0 radical (unpaired) electrons. The number of benzene rings is 3. The Morgan fingerprint density at radius 2 is 1.47 bits per heavy atom. The van der Waals surface area contributed by atoms with Crippen molar-refractivity contribution >= 4 is 6.21 Å². The summed E-state index contributed by atoms with van der Waals surface area (Å²) in [5.74, 6) is 0.640. The number of halogens is 1. The Labute approximate surface area is 178 Å². The topological polar surface area (TPSA) is 15.6 Å². The summed E-state index contributed by atoms with van der Waals surface area (Å²) in [6.45, 7) is 2.27. The van der Waals surface area contributed by atoms with E-state index in [4.69, 9.17) is 4.99 Å². The fourth-order valence-electron chi connectivity index (χ4n) is 5.34. The third kappa shape index (κ3) is 3.82. The van der Waals surface area contributed by atoms with E-state index in [1.165, 1.54) is 30.0 Å². The van der Waals surface area contributed by atoms with Crippen molar-refractivity contribution in [1.82, 2.24) is 4.90 Å². The zero-order chi connectivity index (χ0) is 20.3. The molecule has 0 aliphatic carbocycles. The van der Waals surface area contributed by atoms with E-state index in [0.717, 1.165) is 18.7 Å². The number of fused-ring (bicyclic) bond motifs is 3. The number of hydrogen-bond donors (Lipinski definition) is 0. The molecule has 6 rings (SSSR count). The molecule has 0 spiro atoms. The van der Waals surface area contributed by atoms with Gasteiger partial charge in [-0.05, 0) is 60.7 Å². The number of hydrogen-bond acceptors (Lipinski definition) is 2. The molecular weight excluding hydrogens is 371 g/mol. The van der Waals surface area contributed by atoms with Crippen LogP contribution in [-0.4, -0.2) is 36.3 Å². The van der Waals surface area contributed by atoms with Gasteiger partial charge in [-0.25, -0.2) is 4.39 Å². The first-order valence-electron chi connectivity index (χ1n) is 10.9. The van der Waals surface area contributed by atoms with Gasteiger partial charge in [0.05, 0.1) is 6.04 Å². The van der Waals surface area contributed by atoms with Gasteiger partial charge in [0.2, 0.25) is 0 Å². The molecule has 2 nitrogen and oxygen atoms in total. The van der Waals surface area contributed by atoms with Crippen LogP contribution in [0.25, 0.3) is 0 Å². The predicted octanol–water partition coefficient (Wildman–Crippen LogP) is 5.54. The van der Waals surface area contributed by atoms with Crippen LogP contribution in [0.1, 0.15) is 35.4 Å². The largest absolute Gasteiger partial charge is 0.297 e. The summed E-state index contributed by atoms with van der Waals surface area (Å²) in [4.78, 5) is 7.73. The molecular formula is C27H27FN2. The summed E-state index contributed by atoms with van der Waals surface area (Å²) in [5, 5.41) is 0. The lowest BCUT2D eigenvalue weighted by atomic mass is 9.71. The summed E-state index contributed by atoms with van der Waals surface area (Å²) in [5.41, 5.74) is 3.51. The second kappa shape index (κ2) is 8.53. The van der Waals surface area contributed by atoms with Gasteiger partial charge < -0.3 is 0 Å². The Balaban J connectivity index is 1.55. The van der Waals surface area contributed by atoms with Crippen LogP contribution in [0.2, 0.25) is 0 Å². The minimum atomic E-state index is -0.212. The van der Waals surface area contributed by atoms with Gasteiger partial charge in [0.25, 0.3) is 0 Å². The first-order valence-corrected chi connectivity index (χ1v) is 10.9. The van der Waals surface area contributed by atoms with Crippen molar-refractivity contribution < 1.29 is 4.39 Å². The summed E-state index contributed by atoms with van der Waals surface area (Å²) in [7, 11) is 0. The molecule has 2 bridgehead atoms. The number of aliphatic imine (C=N–C) groups is 1. The van der Waals surface area contributed by atoms with Crippen LogP contribution in [-0.2, 0) is 0 Å². The van der Waals surface area contributed by atoms with Crippen LogP contribution < -0.4 is 0 Å². The van der Waals surface area contributed by atoms with E-state index < -0.39 is 0 Å². The fraction of sp³-hybridized carbons (Fsp3) is 0.296. The lowest BCUT2D eigenvalue weighted by Gasteiger charge is -2.52. The van der Waals surface area contributed by atoms with Crippen LogP contribution in [0.3, 0.4) is 0 Å². The van der Waals surface area contributed by atoms with Gasteiger partial charge in [0.15, 0.2) is 0 Å². The van der Waals surface area contributed by atoms with E-state index in [-0.39, 0.29) is 17.8 Å². The average Bonchev–Trinajstić information content (AvgIpc) is 2.81. The van der Waals surface area contributed by atoms with Crippen molar-refractivity contribution in [2.75, 3.05) is 13.1 Å². The Morgan fingerprint density at radius 1 is 0.833 bits per heavy atom. The van der Waals surface area contributed by atoms with Crippen LogP contribution >= 0.6 is 0 Å². The van der Waals surface area contributed by atoms with Crippen molar-refractivity contribution in [3.8, 4) is 0 Å². The molecule has 0 saturated carbocycles. The van der Waals surface area contributed by atoms with Gasteiger partial charge in [-0.3, -0.25) is 9.89 Å². The molecule has 3 heteroatoms. The first kappa shape index (κ1) is 19.2. The Bertz CT molecular complexity index is 954. The Hall–Kier alpha value is -2.78. The third-order valence-corrected chi connectivity index (χ3v) is 6.73. The van der Waals surface area contributed by atoms with Gasteiger partial charge in [-0.15, -0.1) is 0 Å². The Kier molecular flexibility index (Phi) is 5.46. The summed E-state index contributed by atoms with van der Waals surface area (Å²) < 4.78 is 13.7. The summed E-state index contributed by atoms with van der Waals surface area (Å²) in [6, 6.07) is 28.9. The highest BCUT2D eigenvalue weighted by atomic mass is 19.1. The molecule has 3 saturated heterocycles. The predicted molar refractivity (Wildman–Crippen MR) is 121 cm³/mol. The van der Waals surface area contributed by atoms with Crippen LogP contribution in [0.15, 0.2) is 89.9 Å². The zero-order valence-electron chi connectivity index (χ0n) is 17.1. The quantitative estimate of drug-likeness (QED) is 0.515. The van der Waals surface area contributed by atoms with E-state index in [9.17, 15) is 4.39 Å². The SMILES string of the molecule is Fc1cccc(C=NC2C3CCN(CC3)C2C(c2ccccc2)c2ccccc2)c1. The molecule has 3 aromatic rings. The third-order valence-electron chi connectivity index (χ3n) is 6.73. The van der Waals surface area contributed by atoms with Crippen molar-refractivity contribution in [2.45, 2.75) is 30.8 Å². The van der Waals surface area contributed by atoms with E-state index in [1.807, 2.05) is 12.3 Å². The lowest BCUT2D eigenvalue weighted by Crippen LogP contribution is -2.59. The molecule has 30 heavy (non-hydrogen) atoms. The molecule has 3 aliphatic heterocycles. The van der Waals surface area contributed by atoms with Crippen molar-refractivity contribution in [3.05, 3.63) is 107 Å². The van der Waals surface area contributed by atoms with Gasteiger partial charge >= 0.3 is 0 Å². The van der Waals surface area contributed by atoms with Crippen molar-refractivity contribution in [2.24, 2.45) is 10.9 Å². The molecule has 3 fully saturated rings. The van der Waals surface area contributed by atoms with Gasteiger partial charge in [-0.1, -0.05) is 72.8 Å². The lowest BCUT2D eigenvalue weighted by molar-refractivity contribution is 0.0215. The normalized spacial score (nSPS) is 25.8. The first-order chi connectivity index (χ1) is 14.8. The molecule has 3 aliphatic rings. The maximum absolute atomic E-state index is 13.7. The van der Waals surface area contributed by atoms with Gasteiger partial charge in [0, 0.05) is 18.2 Å². The maximum Gasteiger partial charge on any atom is 0.123 e. The second-order valence-electron chi connectivity index (χ2n) is 8.49. The van der Waals surface area contributed by atoms with Gasteiger partial charge in [-0.2, -0.15) is 0 Å². The highest BCUT2D eigenvalue weighted by Gasteiger charge is 2.46. The molecule has 152 valence electrons. The minimum Gasteiger partial charge on any atom is -0.297 e. The van der Waals surface area contributed by atoms with Crippen LogP contribution in [0.4, 0.5) is 4.39 Å². The zero-order valence-corrected chi connectivity index (χ0v) is 17.1. The van der Waals surface area contributed by atoms with Crippen LogP contribution in [0, 0.1) is 11.7 Å². The van der Waals surface area contributed by atoms with Crippen LogP contribution in [0.5, 0.6) is 0 Å². The fourth-order valence-corrected chi connectivity index (χ4v) is 5.34. The number of piperidine rings is 3. The van der Waals surface area contributed by atoms with Crippen molar-refractivity contribution in [3.63, 3.8) is 0 Å². The van der Waals surface area contributed by atoms with E-state index >= 15 is 0 Å². The number of nitrogens with zero attached hydrogens (tertiary/aromatic N) is 2. The maximum atomic E-state index is 13.7. The second-order valence-corrected chi connectivity index (χ2v) is 8.49.